The minimum Gasteiger partial charge on any atom is -0.354 e. The number of unbranched alkanes of at least 4 members (excludes halogenated alkanes) is 1. The van der Waals surface area contributed by atoms with Crippen LogP contribution in [0.5, 0.6) is 0 Å². The van der Waals surface area contributed by atoms with Gasteiger partial charge in [-0.1, -0.05) is 73.5 Å². The van der Waals surface area contributed by atoms with Gasteiger partial charge in [0.05, 0.1) is 11.9 Å². The number of carbonyl (C=O) groups is 2. The number of halogens is 2. The number of anilines is 1. The van der Waals surface area contributed by atoms with E-state index in [2.05, 4.69) is 5.32 Å². The first-order valence-corrected chi connectivity index (χ1v) is 16.3. The zero-order valence-corrected chi connectivity index (χ0v) is 25.9. The van der Waals surface area contributed by atoms with Crippen LogP contribution in [-0.2, 0) is 32.6 Å². The zero-order valence-electron chi connectivity index (χ0n) is 24.4. The largest absolute Gasteiger partial charge is 0.354 e. The molecule has 7 nitrogen and oxygen atoms in total. The van der Waals surface area contributed by atoms with Crippen molar-refractivity contribution >= 4 is 39.1 Å². The summed E-state index contributed by atoms with van der Waals surface area (Å²) in [5.74, 6) is -0.968. The first-order chi connectivity index (χ1) is 20.0. The summed E-state index contributed by atoms with van der Waals surface area (Å²) in [5, 5.41) is 3.41. The molecular weight excluding hydrogens is 577 g/mol. The Morgan fingerprint density at radius 3 is 2.29 bits per heavy atom. The highest BCUT2D eigenvalue weighted by Crippen LogP contribution is 2.28. The van der Waals surface area contributed by atoms with Crippen LogP contribution in [-0.4, -0.2) is 50.5 Å². The molecule has 1 atom stereocenters. The molecule has 0 radical (unpaired) electrons. The Balaban J connectivity index is 1.88. The van der Waals surface area contributed by atoms with E-state index in [9.17, 15) is 22.4 Å². The van der Waals surface area contributed by atoms with Gasteiger partial charge in [0.2, 0.25) is 21.8 Å². The number of hydrogen-bond donors (Lipinski definition) is 1. The van der Waals surface area contributed by atoms with Gasteiger partial charge in [0.1, 0.15) is 11.9 Å². The average molecular weight is 616 g/mol. The molecule has 3 aromatic rings. The summed E-state index contributed by atoms with van der Waals surface area (Å²) in [7, 11) is -3.66. The van der Waals surface area contributed by atoms with E-state index < -0.39 is 21.9 Å². The van der Waals surface area contributed by atoms with E-state index in [1.54, 1.807) is 37.3 Å². The second-order valence-electron chi connectivity index (χ2n) is 10.3. The summed E-state index contributed by atoms with van der Waals surface area (Å²) < 4.78 is 40.3. The molecule has 2 amide bonds. The van der Waals surface area contributed by atoms with Crippen molar-refractivity contribution in [1.29, 1.82) is 0 Å². The molecule has 3 rings (SSSR count). The SMILES string of the molecule is CCCCNC(=O)[C@@H](Cc1ccccc1)N(Cc1ccc(F)cc1)C(=O)CCCN(c1cccc(Cl)c1C)S(C)(=O)=O. The number of hydrogen-bond acceptors (Lipinski definition) is 4. The highest BCUT2D eigenvalue weighted by atomic mass is 35.5. The molecular formula is C32H39ClFN3O4S. The Bertz CT molecular complexity index is 1440. The van der Waals surface area contributed by atoms with Crippen molar-refractivity contribution in [1.82, 2.24) is 10.2 Å². The third kappa shape index (κ3) is 9.56. The fourth-order valence-corrected chi connectivity index (χ4v) is 5.88. The molecule has 0 aromatic heterocycles. The van der Waals surface area contributed by atoms with Gasteiger partial charge < -0.3 is 10.2 Å². The van der Waals surface area contributed by atoms with Gasteiger partial charge in [-0.25, -0.2) is 12.8 Å². The van der Waals surface area contributed by atoms with Crippen molar-refractivity contribution < 1.29 is 22.4 Å². The molecule has 10 heteroatoms. The highest BCUT2D eigenvalue weighted by molar-refractivity contribution is 7.92. The van der Waals surface area contributed by atoms with E-state index in [0.29, 0.717) is 34.8 Å². The molecule has 0 saturated carbocycles. The molecule has 1 N–H and O–H groups in total. The van der Waals surface area contributed by atoms with E-state index in [1.165, 1.54) is 21.3 Å². The first kappa shape index (κ1) is 33.1. The molecule has 0 heterocycles. The van der Waals surface area contributed by atoms with E-state index in [0.717, 1.165) is 24.7 Å². The lowest BCUT2D eigenvalue weighted by Crippen LogP contribution is -2.50. The molecule has 0 spiro atoms. The van der Waals surface area contributed by atoms with Gasteiger partial charge in [0.15, 0.2) is 0 Å². The molecule has 0 fully saturated rings. The van der Waals surface area contributed by atoms with E-state index >= 15 is 0 Å². The molecule has 0 aliphatic heterocycles. The molecule has 0 bridgehead atoms. The maximum atomic E-state index is 13.9. The Kier molecular flexibility index (Phi) is 12.4. The van der Waals surface area contributed by atoms with Crippen LogP contribution in [0.4, 0.5) is 10.1 Å². The van der Waals surface area contributed by atoms with Gasteiger partial charge in [-0.15, -0.1) is 0 Å². The monoisotopic (exact) mass is 615 g/mol. The van der Waals surface area contributed by atoms with Gasteiger partial charge in [-0.3, -0.25) is 13.9 Å². The van der Waals surface area contributed by atoms with Crippen LogP contribution < -0.4 is 9.62 Å². The molecule has 3 aromatic carbocycles. The number of nitrogens with one attached hydrogen (secondary N) is 1. The summed E-state index contributed by atoms with van der Waals surface area (Å²) in [4.78, 5) is 28.9. The van der Waals surface area contributed by atoms with E-state index in [4.69, 9.17) is 11.6 Å². The molecule has 42 heavy (non-hydrogen) atoms. The third-order valence-corrected chi connectivity index (χ3v) is 8.62. The van der Waals surface area contributed by atoms with Gasteiger partial charge in [-0.2, -0.15) is 0 Å². The van der Waals surface area contributed by atoms with Crippen molar-refractivity contribution in [2.24, 2.45) is 0 Å². The van der Waals surface area contributed by atoms with Crippen molar-refractivity contribution in [3.8, 4) is 0 Å². The van der Waals surface area contributed by atoms with Crippen LogP contribution in [0.1, 0.15) is 49.3 Å². The van der Waals surface area contributed by atoms with Gasteiger partial charge in [-0.05, 0) is 60.7 Å². The molecule has 0 unspecified atom stereocenters. The second kappa shape index (κ2) is 15.7. The lowest BCUT2D eigenvalue weighted by molar-refractivity contribution is -0.141. The van der Waals surface area contributed by atoms with Crippen LogP contribution in [0, 0.1) is 12.7 Å². The lowest BCUT2D eigenvalue weighted by Gasteiger charge is -2.32. The Morgan fingerprint density at radius 2 is 1.64 bits per heavy atom. The molecule has 226 valence electrons. The van der Waals surface area contributed by atoms with Crippen LogP contribution in [0.15, 0.2) is 72.8 Å². The summed E-state index contributed by atoms with van der Waals surface area (Å²) in [6.07, 6.45) is 3.34. The summed E-state index contributed by atoms with van der Waals surface area (Å²) >= 11 is 6.25. The first-order valence-electron chi connectivity index (χ1n) is 14.1. The normalized spacial score (nSPS) is 12.0. The van der Waals surface area contributed by atoms with E-state index in [1.807, 2.05) is 37.3 Å². The predicted molar refractivity (Wildman–Crippen MR) is 166 cm³/mol. The third-order valence-electron chi connectivity index (χ3n) is 7.03. The summed E-state index contributed by atoms with van der Waals surface area (Å²) in [6.45, 7) is 4.42. The lowest BCUT2D eigenvalue weighted by atomic mass is 10.0. The minimum absolute atomic E-state index is 0.000355. The van der Waals surface area contributed by atoms with Crippen LogP contribution in [0.2, 0.25) is 5.02 Å². The molecule has 0 saturated heterocycles. The number of sulfonamides is 1. The highest BCUT2D eigenvalue weighted by Gasteiger charge is 2.30. The summed E-state index contributed by atoms with van der Waals surface area (Å²) in [5.41, 5.74) is 2.65. The fourth-order valence-electron chi connectivity index (χ4n) is 4.70. The quantitative estimate of drug-likeness (QED) is 0.216. The Morgan fingerprint density at radius 1 is 0.952 bits per heavy atom. The fraction of sp³-hybridized carbons (Fsp3) is 0.375. The number of rotatable bonds is 15. The van der Waals surface area contributed by atoms with Crippen LogP contribution in [0.25, 0.3) is 0 Å². The van der Waals surface area contributed by atoms with Crippen LogP contribution >= 0.6 is 11.6 Å². The van der Waals surface area contributed by atoms with E-state index in [-0.39, 0.29) is 37.7 Å². The smallest absolute Gasteiger partial charge is 0.243 e. The molecule has 0 aliphatic rings. The van der Waals surface area contributed by atoms with Crippen LogP contribution in [0.3, 0.4) is 0 Å². The van der Waals surface area contributed by atoms with Crippen molar-refractivity contribution in [3.63, 3.8) is 0 Å². The van der Waals surface area contributed by atoms with Crippen molar-refractivity contribution in [2.45, 2.75) is 58.5 Å². The maximum absolute atomic E-state index is 13.9. The number of benzene rings is 3. The zero-order chi connectivity index (χ0) is 30.7. The van der Waals surface area contributed by atoms with Gasteiger partial charge in [0, 0.05) is 37.5 Å². The van der Waals surface area contributed by atoms with Crippen molar-refractivity contribution in [3.05, 3.63) is 100 Å². The predicted octanol–water partition coefficient (Wildman–Crippen LogP) is 5.89. The Hall–Kier alpha value is -3.43. The average Bonchev–Trinajstić information content (AvgIpc) is 2.95. The number of nitrogens with zero attached hydrogens (tertiary/aromatic N) is 2. The second-order valence-corrected chi connectivity index (χ2v) is 12.6. The van der Waals surface area contributed by atoms with Crippen molar-refractivity contribution in [2.75, 3.05) is 23.7 Å². The standard InChI is InChI=1S/C32H39ClFN3O4S/c1-4-5-20-35-32(39)30(22-25-11-7-6-8-12-25)36(23-26-16-18-27(34)19-17-26)31(38)15-10-21-37(42(3,40)41)29-14-9-13-28(33)24(29)2/h6-9,11-14,16-19,30H,4-5,10,15,20-23H2,1-3H3,(H,35,39)/t30-/m1/s1. The number of amides is 2. The maximum Gasteiger partial charge on any atom is 0.243 e. The Labute approximate surface area is 253 Å². The molecule has 0 aliphatic carbocycles. The minimum atomic E-state index is -3.66. The topological polar surface area (TPSA) is 86.8 Å². The summed E-state index contributed by atoms with van der Waals surface area (Å²) in [6, 6.07) is 19.5. The number of carbonyl (C=O) groups excluding carboxylic acids is 2. The van der Waals surface area contributed by atoms with Gasteiger partial charge in [0.25, 0.3) is 0 Å². The van der Waals surface area contributed by atoms with Gasteiger partial charge >= 0.3 is 0 Å².